The van der Waals surface area contributed by atoms with Crippen molar-refractivity contribution in [3.05, 3.63) is 35.4 Å². The Hall–Kier alpha value is -1.64. The van der Waals surface area contributed by atoms with Crippen LogP contribution in [0.15, 0.2) is 24.3 Å². The summed E-state index contributed by atoms with van der Waals surface area (Å²) in [7, 11) is 1.71. The monoisotopic (exact) mass is 205 g/mol. The first-order chi connectivity index (χ1) is 7.16. The van der Waals surface area contributed by atoms with Crippen molar-refractivity contribution in [2.45, 2.75) is 13.3 Å². The van der Waals surface area contributed by atoms with Crippen LogP contribution in [0.5, 0.6) is 0 Å². The zero-order valence-electron chi connectivity index (χ0n) is 9.06. The molecular formula is C12H15NO2. The number of hydrogen-bond acceptors (Lipinski definition) is 2. The molecule has 0 unspecified atom stereocenters. The van der Waals surface area contributed by atoms with Crippen LogP contribution in [0.3, 0.4) is 0 Å². The molecule has 0 aromatic heterocycles. The summed E-state index contributed by atoms with van der Waals surface area (Å²) in [6, 6.07) is 7.45. The smallest absolute Gasteiger partial charge is 0.253 e. The van der Waals surface area contributed by atoms with Crippen molar-refractivity contribution in [2.75, 3.05) is 13.6 Å². The van der Waals surface area contributed by atoms with Gasteiger partial charge in [0.25, 0.3) is 5.91 Å². The highest BCUT2D eigenvalue weighted by atomic mass is 16.2. The minimum atomic E-state index is -0.0325. The van der Waals surface area contributed by atoms with E-state index in [1.807, 2.05) is 25.1 Å². The molecule has 0 aliphatic rings. The van der Waals surface area contributed by atoms with E-state index in [0.717, 1.165) is 11.8 Å². The summed E-state index contributed by atoms with van der Waals surface area (Å²) in [5.74, 6) is -0.0325. The fourth-order valence-electron chi connectivity index (χ4n) is 1.37. The first-order valence-electron chi connectivity index (χ1n) is 4.91. The Bertz CT molecular complexity index is 360. The van der Waals surface area contributed by atoms with E-state index in [-0.39, 0.29) is 5.91 Å². The third kappa shape index (κ3) is 2.91. The van der Waals surface area contributed by atoms with Crippen LogP contribution >= 0.6 is 0 Å². The van der Waals surface area contributed by atoms with Crippen molar-refractivity contribution in [2.24, 2.45) is 0 Å². The Morgan fingerprint density at radius 3 is 2.67 bits per heavy atom. The van der Waals surface area contributed by atoms with Crippen molar-refractivity contribution in [3.63, 3.8) is 0 Å². The molecule has 0 N–H and O–H groups in total. The molecule has 1 aromatic carbocycles. The van der Waals surface area contributed by atoms with Crippen LogP contribution in [-0.4, -0.2) is 30.7 Å². The van der Waals surface area contributed by atoms with Gasteiger partial charge in [-0.05, 0) is 18.6 Å². The lowest BCUT2D eigenvalue weighted by Crippen LogP contribution is -2.28. The number of amides is 1. The van der Waals surface area contributed by atoms with Crippen LogP contribution in [-0.2, 0) is 4.79 Å². The van der Waals surface area contributed by atoms with E-state index < -0.39 is 0 Å². The highest BCUT2D eigenvalue weighted by Crippen LogP contribution is 2.09. The number of aldehydes is 1. The second kappa shape index (κ2) is 5.29. The number of aryl methyl sites for hydroxylation is 1. The Kier molecular flexibility index (Phi) is 4.03. The minimum Gasteiger partial charge on any atom is -0.341 e. The largest absolute Gasteiger partial charge is 0.341 e. The van der Waals surface area contributed by atoms with E-state index in [4.69, 9.17) is 0 Å². The van der Waals surface area contributed by atoms with Gasteiger partial charge in [-0.25, -0.2) is 0 Å². The normalized spacial score (nSPS) is 9.73. The van der Waals surface area contributed by atoms with Crippen LogP contribution in [0.2, 0.25) is 0 Å². The maximum absolute atomic E-state index is 11.9. The van der Waals surface area contributed by atoms with Gasteiger partial charge in [-0.1, -0.05) is 18.2 Å². The summed E-state index contributed by atoms with van der Waals surface area (Å²) in [6.45, 7) is 2.37. The Morgan fingerprint density at radius 1 is 1.40 bits per heavy atom. The summed E-state index contributed by atoms with van der Waals surface area (Å²) >= 11 is 0. The summed E-state index contributed by atoms with van der Waals surface area (Å²) in [6.07, 6.45) is 1.20. The molecule has 1 aromatic rings. The fourth-order valence-corrected chi connectivity index (χ4v) is 1.37. The summed E-state index contributed by atoms with van der Waals surface area (Å²) in [5, 5.41) is 0. The average molecular weight is 205 g/mol. The minimum absolute atomic E-state index is 0.0325. The van der Waals surface area contributed by atoms with Gasteiger partial charge in [0.05, 0.1) is 0 Å². The Balaban J connectivity index is 2.76. The van der Waals surface area contributed by atoms with Gasteiger partial charge < -0.3 is 9.69 Å². The van der Waals surface area contributed by atoms with Gasteiger partial charge in [0, 0.05) is 25.6 Å². The lowest BCUT2D eigenvalue weighted by molar-refractivity contribution is -0.108. The number of nitrogens with zero attached hydrogens (tertiary/aromatic N) is 1. The molecule has 1 amide bonds. The molecule has 0 fully saturated rings. The molecule has 1 rings (SSSR count). The van der Waals surface area contributed by atoms with Gasteiger partial charge in [-0.2, -0.15) is 0 Å². The SMILES string of the molecule is Cc1ccccc1C(=O)N(C)CCC=O. The van der Waals surface area contributed by atoms with Crippen LogP contribution in [0, 0.1) is 6.92 Å². The van der Waals surface area contributed by atoms with Crippen LogP contribution in [0.4, 0.5) is 0 Å². The quantitative estimate of drug-likeness (QED) is 0.701. The van der Waals surface area contributed by atoms with E-state index >= 15 is 0 Å². The topological polar surface area (TPSA) is 37.4 Å². The lowest BCUT2D eigenvalue weighted by atomic mass is 10.1. The van der Waals surface area contributed by atoms with Crippen molar-refractivity contribution >= 4 is 12.2 Å². The highest BCUT2D eigenvalue weighted by Gasteiger charge is 2.12. The van der Waals surface area contributed by atoms with E-state index in [9.17, 15) is 9.59 Å². The van der Waals surface area contributed by atoms with Crippen LogP contribution in [0.25, 0.3) is 0 Å². The van der Waals surface area contributed by atoms with Gasteiger partial charge in [0.2, 0.25) is 0 Å². The zero-order chi connectivity index (χ0) is 11.3. The van der Waals surface area contributed by atoms with Crippen molar-refractivity contribution in [3.8, 4) is 0 Å². The third-order valence-electron chi connectivity index (χ3n) is 2.30. The number of carbonyl (C=O) groups excluding carboxylic acids is 2. The second-order valence-electron chi connectivity index (χ2n) is 3.50. The van der Waals surface area contributed by atoms with E-state index in [1.165, 1.54) is 0 Å². The Labute approximate surface area is 89.7 Å². The molecule has 80 valence electrons. The Morgan fingerprint density at radius 2 is 2.07 bits per heavy atom. The highest BCUT2D eigenvalue weighted by molar-refractivity contribution is 5.95. The summed E-state index contributed by atoms with van der Waals surface area (Å²) in [4.78, 5) is 23.6. The predicted molar refractivity (Wildman–Crippen MR) is 58.8 cm³/mol. The van der Waals surface area contributed by atoms with Gasteiger partial charge in [0.1, 0.15) is 6.29 Å². The molecule has 0 aliphatic heterocycles. The number of carbonyl (C=O) groups is 2. The van der Waals surface area contributed by atoms with Crippen molar-refractivity contribution < 1.29 is 9.59 Å². The molecule has 0 radical (unpaired) electrons. The molecule has 3 nitrogen and oxygen atoms in total. The molecule has 0 aliphatic carbocycles. The third-order valence-corrected chi connectivity index (χ3v) is 2.30. The average Bonchev–Trinajstić information content (AvgIpc) is 2.25. The van der Waals surface area contributed by atoms with Crippen molar-refractivity contribution in [1.29, 1.82) is 0 Å². The van der Waals surface area contributed by atoms with Gasteiger partial charge in [-0.15, -0.1) is 0 Å². The van der Waals surface area contributed by atoms with Crippen LogP contribution in [0.1, 0.15) is 22.3 Å². The molecule has 0 bridgehead atoms. The van der Waals surface area contributed by atoms with Gasteiger partial charge in [-0.3, -0.25) is 4.79 Å². The van der Waals surface area contributed by atoms with Crippen molar-refractivity contribution in [1.82, 2.24) is 4.90 Å². The second-order valence-corrected chi connectivity index (χ2v) is 3.50. The van der Waals surface area contributed by atoms with E-state index in [1.54, 1.807) is 18.0 Å². The standard InChI is InChI=1S/C12H15NO2/c1-10-6-3-4-7-11(10)12(15)13(2)8-5-9-14/h3-4,6-7,9H,5,8H2,1-2H3. The van der Waals surface area contributed by atoms with E-state index in [2.05, 4.69) is 0 Å². The number of hydrogen-bond donors (Lipinski definition) is 0. The molecule has 0 atom stereocenters. The summed E-state index contributed by atoms with van der Waals surface area (Å²) < 4.78 is 0. The van der Waals surface area contributed by atoms with Gasteiger partial charge >= 0.3 is 0 Å². The molecule has 0 saturated carbocycles. The zero-order valence-corrected chi connectivity index (χ0v) is 9.06. The lowest BCUT2D eigenvalue weighted by Gasteiger charge is -2.16. The fraction of sp³-hybridized carbons (Fsp3) is 0.333. The molecule has 0 spiro atoms. The number of rotatable bonds is 4. The molecule has 3 heteroatoms. The van der Waals surface area contributed by atoms with Crippen LogP contribution < -0.4 is 0 Å². The molecular weight excluding hydrogens is 190 g/mol. The molecule has 0 saturated heterocycles. The van der Waals surface area contributed by atoms with Gasteiger partial charge in [0.15, 0.2) is 0 Å². The number of benzene rings is 1. The molecule has 15 heavy (non-hydrogen) atoms. The maximum Gasteiger partial charge on any atom is 0.253 e. The maximum atomic E-state index is 11.9. The first kappa shape index (κ1) is 11.4. The van der Waals surface area contributed by atoms with E-state index in [0.29, 0.717) is 18.5 Å². The molecule has 0 heterocycles. The summed E-state index contributed by atoms with van der Waals surface area (Å²) in [5.41, 5.74) is 1.66. The predicted octanol–water partition coefficient (Wildman–Crippen LogP) is 1.66. The first-order valence-corrected chi connectivity index (χ1v) is 4.91.